The van der Waals surface area contributed by atoms with E-state index >= 15 is 0 Å². The van der Waals surface area contributed by atoms with Gasteiger partial charge in [0.25, 0.3) is 0 Å². The van der Waals surface area contributed by atoms with Gasteiger partial charge < -0.3 is 15.2 Å². The molecule has 0 radical (unpaired) electrons. The van der Waals surface area contributed by atoms with Gasteiger partial charge in [0.2, 0.25) is 0 Å². The van der Waals surface area contributed by atoms with Gasteiger partial charge in [-0.25, -0.2) is 0 Å². The lowest BCUT2D eigenvalue weighted by atomic mass is 10.1. The van der Waals surface area contributed by atoms with Crippen LogP contribution in [0.3, 0.4) is 0 Å². The van der Waals surface area contributed by atoms with Crippen molar-refractivity contribution >= 4 is 29.9 Å². The van der Waals surface area contributed by atoms with Crippen molar-refractivity contribution in [1.82, 2.24) is 15.8 Å². The number of nitrogens with zero attached hydrogens (tertiary/aromatic N) is 2. The normalized spacial score (nSPS) is 13.1. The van der Waals surface area contributed by atoms with Crippen LogP contribution < -0.4 is 10.6 Å². The summed E-state index contributed by atoms with van der Waals surface area (Å²) >= 11 is 0. The molecule has 5 nitrogen and oxygen atoms in total. The molecule has 98 valence electrons. The van der Waals surface area contributed by atoms with Gasteiger partial charge in [-0.05, 0) is 12.8 Å². The van der Waals surface area contributed by atoms with Crippen molar-refractivity contribution in [3.8, 4) is 0 Å². The van der Waals surface area contributed by atoms with Crippen molar-refractivity contribution in [1.29, 1.82) is 0 Å². The van der Waals surface area contributed by atoms with Crippen LogP contribution in [0, 0.1) is 5.92 Å². The Morgan fingerprint density at radius 1 is 1.47 bits per heavy atom. The highest BCUT2D eigenvalue weighted by molar-refractivity contribution is 14.0. The number of aromatic nitrogens is 1. The first-order chi connectivity index (χ1) is 7.63. The molecule has 0 bridgehead atoms. The second-order valence-corrected chi connectivity index (χ2v) is 4.09. The predicted molar refractivity (Wildman–Crippen MR) is 79.6 cm³/mol. The van der Waals surface area contributed by atoms with Crippen LogP contribution in [0.4, 0.5) is 0 Å². The van der Waals surface area contributed by atoms with E-state index in [0.717, 1.165) is 11.7 Å². The molecular formula is C11H21IN4O. The molecule has 1 unspecified atom stereocenters. The number of aliphatic imine (C=N–C) groups is 1. The van der Waals surface area contributed by atoms with Crippen molar-refractivity contribution in [3.05, 3.63) is 18.0 Å². The van der Waals surface area contributed by atoms with Gasteiger partial charge >= 0.3 is 0 Å². The van der Waals surface area contributed by atoms with Crippen molar-refractivity contribution in [2.24, 2.45) is 10.9 Å². The Bertz CT molecular complexity index is 324. The van der Waals surface area contributed by atoms with Gasteiger partial charge in [0.1, 0.15) is 12.0 Å². The molecule has 1 aromatic heterocycles. The summed E-state index contributed by atoms with van der Waals surface area (Å²) in [4.78, 5) is 4.15. The topological polar surface area (TPSA) is 62.5 Å². The summed E-state index contributed by atoms with van der Waals surface area (Å²) in [5, 5.41) is 10.3. The minimum absolute atomic E-state index is 0. The van der Waals surface area contributed by atoms with E-state index in [9.17, 15) is 0 Å². The van der Waals surface area contributed by atoms with Gasteiger partial charge in [0.05, 0.1) is 6.54 Å². The molecule has 0 aromatic carbocycles. The quantitative estimate of drug-likeness (QED) is 0.494. The summed E-state index contributed by atoms with van der Waals surface area (Å²) in [7, 11) is 1.76. The van der Waals surface area contributed by atoms with Crippen LogP contribution in [-0.4, -0.2) is 24.2 Å². The number of guanidine groups is 1. The lowest BCUT2D eigenvalue weighted by Crippen LogP contribution is -2.43. The Kier molecular flexibility index (Phi) is 7.94. The SMILES string of the molecule is CN=C(NCc1ccon1)NC(C)C(C)C.I. The monoisotopic (exact) mass is 352 g/mol. The number of hydrogen-bond donors (Lipinski definition) is 2. The lowest BCUT2D eigenvalue weighted by Gasteiger charge is -2.20. The first kappa shape index (κ1) is 16.2. The van der Waals surface area contributed by atoms with Crippen LogP contribution in [0.1, 0.15) is 26.5 Å². The third-order valence-electron chi connectivity index (χ3n) is 2.52. The minimum atomic E-state index is 0. The van der Waals surface area contributed by atoms with E-state index in [4.69, 9.17) is 4.52 Å². The van der Waals surface area contributed by atoms with Gasteiger partial charge in [0, 0.05) is 19.2 Å². The Balaban J connectivity index is 0.00000256. The molecule has 0 saturated heterocycles. The van der Waals surface area contributed by atoms with Crippen molar-refractivity contribution in [3.63, 3.8) is 0 Å². The van der Waals surface area contributed by atoms with E-state index < -0.39 is 0 Å². The number of hydrogen-bond acceptors (Lipinski definition) is 3. The van der Waals surface area contributed by atoms with E-state index in [2.05, 4.69) is 41.6 Å². The van der Waals surface area contributed by atoms with Crippen LogP contribution in [0.25, 0.3) is 0 Å². The summed E-state index contributed by atoms with van der Waals surface area (Å²) in [6.45, 7) is 7.08. The molecule has 2 N–H and O–H groups in total. The molecule has 0 fully saturated rings. The highest BCUT2D eigenvalue weighted by Gasteiger charge is 2.08. The molecular weight excluding hydrogens is 331 g/mol. The lowest BCUT2D eigenvalue weighted by molar-refractivity contribution is 0.410. The van der Waals surface area contributed by atoms with Crippen molar-refractivity contribution in [2.75, 3.05) is 7.05 Å². The van der Waals surface area contributed by atoms with Gasteiger partial charge in [-0.15, -0.1) is 24.0 Å². The summed E-state index contributed by atoms with van der Waals surface area (Å²) in [6.07, 6.45) is 1.56. The maximum atomic E-state index is 4.75. The summed E-state index contributed by atoms with van der Waals surface area (Å²) in [6, 6.07) is 2.20. The van der Waals surface area contributed by atoms with Gasteiger partial charge in [0.15, 0.2) is 5.96 Å². The van der Waals surface area contributed by atoms with Crippen LogP contribution in [0.5, 0.6) is 0 Å². The molecule has 0 amide bonds. The zero-order valence-electron chi connectivity index (χ0n) is 10.7. The summed E-state index contributed by atoms with van der Waals surface area (Å²) in [5.41, 5.74) is 0.861. The Morgan fingerprint density at radius 3 is 2.65 bits per heavy atom. The van der Waals surface area contributed by atoms with Crippen LogP contribution in [0.2, 0.25) is 0 Å². The molecule has 6 heteroatoms. The molecule has 1 aromatic rings. The minimum Gasteiger partial charge on any atom is -0.364 e. The fraction of sp³-hybridized carbons (Fsp3) is 0.636. The highest BCUT2D eigenvalue weighted by atomic mass is 127. The van der Waals surface area contributed by atoms with Crippen LogP contribution >= 0.6 is 24.0 Å². The molecule has 0 spiro atoms. The molecule has 0 aliphatic heterocycles. The number of halogens is 1. The molecule has 1 heterocycles. The highest BCUT2D eigenvalue weighted by Crippen LogP contribution is 1.99. The molecule has 0 aliphatic carbocycles. The maximum Gasteiger partial charge on any atom is 0.191 e. The second kappa shape index (κ2) is 8.32. The average molecular weight is 352 g/mol. The van der Waals surface area contributed by atoms with Crippen molar-refractivity contribution in [2.45, 2.75) is 33.4 Å². The average Bonchev–Trinajstić information content (AvgIpc) is 2.76. The maximum absolute atomic E-state index is 4.75. The summed E-state index contributed by atoms with van der Waals surface area (Å²) < 4.78 is 4.75. The first-order valence-corrected chi connectivity index (χ1v) is 5.50. The Morgan fingerprint density at radius 2 is 2.18 bits per heavy atom. The fourth-order valence-electron chi connectivity index (χ4n) is 1.08. The van der Waals surface area contributed by atoms with Crippen LogP contribution in [0.15, 0.2) is 21.8 Å². The second-order valence-electron chi connectivity index (χ2n) is 4.09. The van der Waals surface area contributed by atoms with Gasteiger partial charge in [-0.1, -0.05) is 19.0 Å². The van der Waals surface area contributed by atoms with Gasteiger partial charge in [-0.2, -0.15) is 0 Å². The molecule has 0 aliphatic rings. The van der Waals surface area contributed by atoms with E-state index in [1.807, 2.05) is 6.07 Å². The number of rotatable bonds is 4. The zero-order valence-corrected chi connectivity index (χ0v) is 13.1. The molecule has 1 rings (SSSR count). The Hall–Kier alpha value is -0.790. The third kappa shape index (κ3) is 5.90. The van der Waals surface area contributed by atoms with E-state index in [1.54, 1.807) is 13.3 Å². The smallest absolute Gasteiger partial charge is 0.191 e. The Labute approximate surface area is 119 Å². The third-order valence-corrected chi connectivity index (χ3v) is 2.52. The van der Waals surface area contributed by atoms with E-state index in [0.29, 0.717) is 18.5 Å². The van der Waals surface area contributed by atoms with E-state index in [1.165, 1.54) is 0 Å². The molecule has 0 saturated carbocycles. The molecule has 17 heavy (non-hydrogen) atoms. The fourth-order valence-corrected chi connectivity index (χ4v) is 1.08. The van der Waals surface area contributed by atoms with Crippen LogP contribution in [-0.2, 0) is 6.54 Å². The number of nitrogens with one attached hydrogen (secondary N) is 2. The van der Waals surface area contributed by atoms with E-state index in [-0.39, 0.29) is 24.0 Å². The summed E-state index contributed by atoms with van der Waals surface area (Å²) in [5.74, 6) is 1.34. The van der Waals surface area contributed by atoms with Gasteiger partial charge in [-0.3, -0.25) is 4.99 Å². The largest absolute Gasteiger partial charge is 0.364 e. The van der Waals surface area contributed by atoms with Crippen molar-refractivity contribution < 1.29 is 4.52 Å². The first-order valence-electron chi connectivity index (χ1n) is 5.50. The predicted octanol–water partition coefficient (Wildman–Crippen LogP) is 2.00. The standard InChI is InChI=1S/C11H20N4O.HI/c1-8(2)9(3)14-11(12-4)13-7-10-5-6-16-15-10;/h5-6,8-9H,7H2,1-4H3,(H2,12,13,14);1H. The molecule has 1 atom stereocenters. The zero-order chi connectivity index (χ0) is 12.0.